The molecule has 4 heteroatoms. The number of aliphatic hydroxyl groups excluding tert-OH is 1. The van der Waals surface area contributed by atoms with Crippen LogP contribution >= 0.6 is 11.8 Å². The average molecular weight is 266 g/mol. The topological polar surface area (TPSA) is 49.5 Å². The molecule has 0 aromatic heterocycles. The molecule has 0 amide bonds. The van der Waals surface area contributed by atoms with E-state index in [9.17, 15) is 5.11 Å². The maximum atomic E-state index is 10.1. The van der Waals surface area contributed by atoms with Crippen LogP contribution in [0.4, 0.5) is 0 Å². The summed E-state index contributed by atoms with van der Waals surface area (Å²) in [5.41, 5.74) is 8.19. The monoisotopic (exact) mass is 266 g/mol. The molecule has 100 valence electrons. The number of nitrogens with two attached hydrogens (primary N) is 1. The highest BCUT2D eigenvalue weighted by molar-refractivity contribution is 7.99. The van der Waals surface area contributed by atoms with Crippen LogP contribution in [-0.4, -0.2) is 42.5 Å². The number of hydrogen-bond acceptors (Lipinski definition) is 4. The second-order valence-corrected chi connectivity index (χ2v) is 6.17. The molecule has 1 aromatic rings. The summed E-state index contributed by atoms with van der Waals surface area (Å²) in [4.78, 5) is 3.43. The van der Waals surface area contributed by atoms with Crippen molar-refractivity contribution in [1.29, 1.82) is 0 Å². The van der Waals surface area contributed by atoms with E-state index in [4.69, 9.17) is 5.73 Å². The summed E-state index contributed by atoms with van der Waals surface area (Å²) in [5, 5.41) is 10.1. The minimum atomic E-state index is -0.519. The standard InChI is InChI=1S/C14H22N2OS/c1-16(2)14(12(17)9-15)11-5-6-13-10(8-11)4-3-7-18-13/h5-6,8,12,14,17H,3-4,7,9,15H2,1-2H3. The fourth-order valence-corrected chi connectivity index (χ4v) is 3.58. The summed E-state index contributed by atoms with van der Waals surface area (Å²) < 4.78 is 0. The van der Waals surface area contributed by atoms with Gasteiger partial charge in [0, 0.05) is 11.4 Å². The third-order valence-electron chi connectivity index (χ3n) is 3.44. The lowest BCUT2D eigenvalue weighted by molar-refractivity contribution is 0.0823. The summed E-state index contributed by atoms with van der Waals surface area (Å²) in [6.45, 7) is 0.286. The number of aliphatic hydroxyl groups is 1. The van der Waals surface area contributed by atoms with Gasteiger partial charge in [0.1, 0.15) is 0 Å². The fraction of sp³-hybridized carbons (Fsp3) is 0.571. The minimum Gasteiger partial charge on any atom is -0.390 e. The molecule has 1 aliphatic heterocycles. The van der Waals surface area contributed by atoms with Crippen LogP contribution < -0.4 is 5.73 Å². The molecule has 2 atom stereocenters. The SMILES string of the molecule is CN(C)C(c1ccc2c(c1)CCCS2)C(O)CN. The van der Waals surface area contributed by atoms with E-state index in [1.54, 1.807) is 0 Å². The van der Waals surface area contributed by atoms with Crippen LogP contribution in [0.3, 0.4) is 0 Å². The van der Waals surface area contributed by atoms with E-state index < -0.39 is 6.10 Å². The van der Waals surface area contributed by atoms with Gasteiger partial charge in [0.25, 0.3) is 0 Å². The lowest BCUT2D eigenvalue weighted by atomic mass is 9.97. The Morgan fingerprint density at radius 3 is 2.89 bits per heavy atom. The summed E-state index contributed by atoms with van der Waals surface area (Å²) >= 11 is 1.93. The third kappa shape index (κ3) is 2.88. The molecule has 0 bridgehead atoms. The van der Waals surface area contributed by atoms with Gasteiger partial charge in [0.2, 0.25) is 0 Å². The summed E-state index contributed by atoms with van der Waals surface area (Å²) in [6.07, 6.45) is 1.87. The molecule has 0 saturated carbocycles. The molecule has 0 fully saturated rings. The van der Waals surface area contributed by atoms with Gasteiger partial charge in [-0.15, -0.1) is 11.8 Å². The first-order valence-corrected chi connectivity index (χ1v) is 7.42. The molecule has 0 radical (unpaired) electrons. The first-order valence-electron chi connectivity index (χ1n) is 6.43. The highest BCUT2D eigenvalue weighted by atomic mass is 32.2. The Hall–Kier alpha value is -0.550. The minimum absolute atomic E-state index is 0.0211. The van der Waals surface area contributed by atoms with Crippen molar-refractivity contribution in [2.75, 3.05) is 26.4 Å². The molecular formula is C14H22N2OS. The maximum absolute atomic E-state index is 10.1. The quantitative estimate of drug-likeness (QED) is 0.870. The highest BCUT2D eigenvalue weighted by Gasteiger charge is 2.23. The summed E-state index contributed by atoms with van der Waals surface area (Å²) in [7, 11) is 3.97. The van der Waals surface area contributed by atoms with Gasteiger partial charge in [-0.1, -0.05) is 12.1 Å². The van der Waals surface area contributed by atoms with Crippen molar-refractivity contribution in [1.82, 2.24) is 4.90 Å². The number of fused-ring (bicyclic) bond motifs is 1. The van der Waals surface area contributed by atoms with Crippen LogP contribution in [0.1, 0.15) is 23.6 Å². The average Bonchev–Trinajstić information content (AvgIpc) is 2.38. The van der Waals surface area contributed by atoms with E-state index in [0.717, 1.165) is 6.42 Å². The van der Waals surface area contributed by atoms with Crippen LogP contribution in [0.2, 0.25) is 0 Å². The predicted molar refractivity (Wildman–Crippen MR) is 77.0 cm³/mol. The zero-order chi connectivity index (χ0) is 13.1. The lowest BCUT2D eigenvalue weighted by Gasteiger charge is -2.30. The molecular weight excluding hydrogens is 244 g/mol. The van der Waals surface area contributed by atoms with E-state index in [2.05, 4.69) is 18.2 Å². The van der Waals surface area contributed by atoms with Gasteiger partial charge in [0.15, 0.2) is 0 Å². The summed E-state index contributed by atoms with van der Waals surface area (Å²) in [6, 6.07) is 6.53. The van der Waals surface area contributed by atoms with Crippen molar-refractivity contribution in [2.45, 2.75) is 29.9 Å². The molecule has 18 heavy (non-hydrogen) atoms. The van der Waals surface area contributed by atoms with Crippen LogP contribution in [0.15, 0.2) is 23.1 Å². The summed E-state index contributed by atoms with van der Waals surface area (Å²) in [5.74, 6) is 1.22. The van der Waals surface area contributed by atoms with Crippen molar-refractivity contribution >= 4 is 11.8 Å². The number of hydrogen-bond donors (Lipinski definition) is 2. The van der Waals surface area contributed by atoms with Crippen molar-refractivity contribution in [3.05, 3.63) is 29.3 Å². The molecule has 1 aliphatic rings. The second-order valence-electron chi connectivity index (χ2n) is 5.03. The molecule has 2 rings (SSSR count). The number of nitrogens with zero attached hydrogens (tertiary/aromatic N) is 1. The Morgan fingerprint density at radius 2 is 2.22 bits per heavy atom. The number of rotatable bonds is 4. The molecule has 1 heterocycles. The Morgan fingerprint density at radius 1 is 1.44 bits per heavy atom. The normalized spacial score (nSPS) is 18.5. The predicted octanol–water partition coefficient (Wildman–Crippen LogP) is 1.65. The van der Waals surface area contributed by atoms with E-state index in [-0.39, 0.29) is 12.6 Å². The Labute approximate surface area is 113 Å². The van der Waals surface area contributed by atoms with Crippen molar-refractivity contribution in [3.8, 4) is 0 Å². The van der Waals surface area contributed by atoms with E-state index in [0.29, 0.717) is 0 Å². The number of benzene rings is 1. The second kappa shape index (κ2) is 6.06. The van der Waals surface area contributed by atoms with Gasteiger partial charge in [-0.25, -0.2) is 0 Å². The maximum Gasteiger partial charge on any atom is 0.0858 e. The smallest absolute Gasteiger partial charge is 0.0858 e. The van der Waals surface area contributed by atoms with E-state index in [1.807, 2.05) is 30.8 Å². The van der Waals surface area contributed by atoms with Crippen LogP contribution in [0.25, 0.3) is 0 Å². The number of likely N-dealkylation sites (N-methyl/N-ethyl adjacent to an activating group) is 1. The fourth-order valence-electron chi connectivity index (χ4n) is 2.56. The molecule has 0 spiro atoms. The molecule has 0 saturated heterocycles. The first kappa shape index (κ1) is 13.9. The van der Waals surface area contributed by atoms with Gasteiger partial charge < -0.3 is 15.7 Å². The third-order valence-corrected chi connectivity index (χ3v) is 4.64. The van der Waals surface area contributed by atoms with Gasteiger partial charge >= 0.3 is 0 Å². The Kier molecular flexibility index (Phi) is 4.67. The molecule has 2 unspecified atom stereocenters. The lowest BCUT2D eigenvalue weighted by Crippen LogP contribution is -2.36. The van der Waals surface area contributed by atoms with Gasteiger partial charge in [0.05, 0.1) is 12.1 Å². The molecule has 3 nitrogen and oxygen atoms in total. The van der Waals surface area contributed by atoms with E-state index in [1.165, 1.54) is 28.2 Å². The number of thioether (sulfide) groups is 1. The van der Waals surface area contributed by atoms with Gasteiger partial charge in [-0.3, -0.25) is 0 Å². The zero-order valence-electron chi connectivity index (χ0n) is 11.1. The molecule has 0 aliphatic carbocycles. The largest absolute Gasteiger partial charge is 0.390 e. The van der Waals surface area contributed by atoms with Crippen molar-refractivity contribution in [3.63, 3.8) is 0 Å². The van der Waals surface area contributed by atoms with Crippen LogP contribution in [0, 0.1) is 0 Å². The van der Waals surface area contributed by atoms with Crippen LogP contribution in [0.5, 0.6) is 0 Å². The first-order chi connectivity index (χ1) is 8.63. The van der Waals surface area contributed by atoms with Gasteiger partial charge in [-0.05, 0) is 49.9 Å². The highest BCUT2D eigenvalue weighted by Crippen LogP contribution is 2.33. The molecule has 1 aromatic carbocycles. The zero-order valence-corrected chi connectivity index (χ0v) is 11.9. The van der Waals surface area contributed by atoms with Gasteiger partial charge in [-0.2, -0.15) is 0 Å². The van der Waals surface area contributed by atoms with Crippen molar-refractivity contribution in [2.24, 2.45) is 5.73 Å². The van der Waals surface area contributed by atoms with Crippen molar-refractivity contribution < 1.29 is 5.11 Å². The van der Waals surface area contributed by atoms with E-state index >= 15 is 0 Å². The van der Waals surface area contributed by atoms with Crippen LogP contribution in [-0.2, 0) is 6.42 Å². The Bertz CT molecular complexity index is 409. The Balaban J connectivity index is 2.30. The number of aryl methyl sites for hydroxylation is 1. The molecule has 3 N–H and O–H groups in total.